The molecule has 4 N–H and O–H groups in total. The quantitative estimate of drug-likeness (QED) is 0.714. The standard InChI is InChI=1S/C11H16N6O/c12-11-14-9-8(5-13-16-9)10(15-11)17-3-1-7(6-17)2-4-18/h5,7,18H,1-4,6H2,(H3,12,13,14,15,16). The molecule has 3 heterocycles. The molecule has 0 spiro atoms. The van der Waals surface area contributed by atoms with E-state index in [9.17, 15) is 0 Å². The third-order valence-corrected chi connectivity index (χ3v) is 3.43. The minimum Gasteiger partial charge on any atom is -0.396 e. The minimum absolute atomic E-state index is 0.242. The van der Waals surface area contributed by atoms with Crippen LogP contribution in [0.25, 0.3) is 11.0 Å². The zero-order valence-electron chi connectivity index (χ0n) is 10.0. The summed E-state index contributed by atoms with van der Waals surface area (Å²) in [7, 11) is 0. The van der Waals surface area contributed by atoms with Gasteiger partial charge in [0.05, 0.1) is 11.6 Å². The summed E-state index contributed by atoms with van der Waals surface area (Å²) in [6.45, 7) is 2.07. The molecule has 0 bridgehead atoms. The Labute approximate surface area is 104 Å². The average molecular weight is 248 g/mol. The van der Waals surface area contributed by atoms with Crippen molar-refractivity contribution in [3.8, 4) is 0 Å². The van der Waals surface area contributed by atoms with Gasteiger partial charge in [0.2, 0.25) is 5.95 Å². The molecule has 0 radical (unpaired) electrons. The summed E-state index contributed by atoms with van der Waals surface area (Å²) in [6, 6.07) is 0. The van der Waals surface area contributed by atoms with Crippen molar-refractivity contribution in [1.29, 1.82) is 0 Å². The third kappa shape index (κ3) is 1.86. The maximum absolute atomic E-state index is 8.99. The molecule has 1 aliphatic heterocycles. The van der Waals surface area contributed by atoms with Gasteiger partial charge in [-0.2, -0.15) is 15.1 Å². The molecule has 0 aromatic carbocycles. The predicted octanol–water partition coefficient (Wildman–Crippen LogP) is 0.144. The Hall–Kier alpha value is -1.89. The molecule has 1 fully saturated rings. The second-order valence-corrected chi connectivity index (χ2v) is 4.65. The lowest BCUT2D eigenvalue weighted by atomic mass is 10.1. The minimum atomic E-state index is 0.242. The van der Waals surface area contributed by atoms with Crippen molar-refractivity contribution in [2.45, 2.75) is 12.8 Å². The number of aliphatic hydroxyl groups excluding tert-OH is 1. The van der Waals surface area contributed by atoms with Gasteiger partial charge in [0.1, 0.15) is 5.82 Å². The van der Waals surface area contributed by atoms with Crippen LogP contribution < -0.4 is 10.6 Å². The van der Waals surface area contributed by atoms with Crippen LogP contribution in [0.3, 0.4) is 0 Å². The largest absolute Gasteiger partial charge is 0.396 e. The van der Waals surface area contributed by atoms with E-state index in [4.69, 9.17) is 10.8 Å². The summed E-state index contributed by atoms with van der Waals surface area (Å²) in [5.41, 5.74) is 6.38. The van der Waals surface area contributed by atoms with Crippen LogP contribution in [0.2, 0.25) is 0 Å². The summed E-state index contributed by atoms with van der Waals surface area (Å²) in [4.78, 5) is 10.6. The van der Waals surface area contributed by atoms with Crippen LogP contribution in [0.4, 0.5) is 11.8 Å². The lowest BCUT2D eigenvalue weighted by Crippen LogP contribution is -2.22. The maximum atomic E-state index is 8.99. The Balaban J connectivity index is 1.92. The zero-order chi connectivity index (χ0) is 12.5. The van der Waals surface area contributed by atoms with E-state index in [0.717, 1.165) is 37.1 Å². The first-order valence-electron chi connectivity index (χ1n) is 6.10. The number of H-pyrrole nitrogens is 1. The van der Waals surface area contributed by atoms with Gasteiger partial charge in [-0.25, -0.2) is 0 Å². The van der Waals surface area contributed by atoms with Crippen molar-refractivity contribution in [2.75, 3.05) is 30.3 Å². The molecule has 2 aromatic heterocycles. The number of aliphatic hydroxyl groups is 1. The fraction of sp³-hybridized carbons (Fsp3) is 0.545. The van der Waals surface area contributed by atoms with Crippen molar-refractivity contribution in [2.24, 2.45) is 5.92 Å². The lowest BCUT2D eigenvalue weighted by Gasteiger charge is -2.18. The van der Waals surface area contributed by atoms with Crippen molar-refractivity contribution >= 4 is 22.8 Å². The number of rotatable bonds is 3. The van der Waals surface area contributed by atoms with Gasteiger partial charge in [-0.15, -0.1) is 0 Å². The first-order chi connectivity index (χ1) is 8.78. The summed E-state index contributed by atoms with van der Waals surface area (Å²) in [5.74, 6) is 1.62. The molecule has 1 atom stereocenters. The van der Waals surface area contributed by atoms with Crippen LogP contribution in [-0.2, 0) is 0 Å². The van der Waals surface area contributed by atoms with E-state index in [-0.39, 0.29) is 12.6 Å². The normalized spacial score (nSPS) is 19.8. The Kier molecular flexibility index (Phi) is 2.75. The fourth-order valence-corrected chi connectivity index (χ4v) is 2.52. The number of aromatic nitrogens is 4. The number of nitrogens with one attached hydrogen (secondary N) is 1. The Morgan fingerprint density at radius 2 is 2.39 bits per heavy atom. The van der Waals surface area contributed by atoms with Crippen molar-refractivity contribution < 1.29 is 5.11 Å². The number of hydrogen-bond acceptors (Lipinski definition) is 6. The molecule has 0 amide bonds. The van der Waals surface area contributed by atoms with Crippen molar-refractivity contribution in [3.05, 3.63) is 6.20 Å². The molecule has 18 heavy (non-hydrogen) atoms. The second kappa shape index (κ2) is 4.41. The van der Waals surface area contributed by atoms with Crippen LogP contribution in [0.15, 0.2) is 6.20 Å². The maximum Gasteiger partial charge on any atom is 0.224 e. The van der Waals surface area contributed by atoms with E-state index >= 15 is 0 Å². The van der Waals surface area contributed by atoms with Crippen LogP contribution in [0.5, 0.6) is 0 Å². The predicted molar refractivity (Wildman–Crippen MR) is 68.1 cm³/mol. The van der Waals surface area contributed by atoms with Gasteiger partial charge < -0.3 is 15.7 Å². The molecular formula is C11H16N6O. The Morgan fingerprint density at radius 1 is 1.50 bits per heavy atom. The number of hydrogen-bond donors (Lipinski definition) is 3. The van der Waals surface area contributed by atoms with E-state index in [1.165, 1.54) is 0 Å². The van der Waals surface area contributed by atoms with Crippen molar-refractivity contribution in [1.82, 2.24) is 20.2 Å². The molecule has 96 valence electrons. The number of nitrogens with two attached hydrogens (primary N) is 1. The number of nitrogen functional groups attached to an aromatic ring is 1. The lowest BCUT2D eigenvalue weighted by molar-refractivity contribution is 0.263. The third-order valence-electron chi connectivity index (χ3n) is 3.43. The smallest absolute Gasteiger partial charge is 0.224 e. The van der Waals surface area contributed by atoms with Gasteiger partial charge in [-0.3, -0.25) is 5.10 Å². The molecule has 7 heteroatoms. The highest BCUT2D eigenvalue weighted by Gasteiger charge is 2.25. The molecular weight excluding hydrogens is 232 g/mol. The zero-order valence-corrected chi connectivity index (χ0v) is 10.0. The summed E-state index contributed by atoms with van der Waals surface area (Å²) in [5, 5.41) is 16.7. The molecule has 0 aliphatic carbocycles. The fourth-order valence-electron chi connectivity index (χ4n) is 2.52. The highest BCUT2D eigenvalue weighted by atomic mass is 16.3. The SMILES string of the molecule is Nc1nc(N2CCC(CCO)C2)c2cn[nH]c2n1. The summed E-state index contributed by atoms with van der Waals surface area (Å²) >= 11 is 0. The number of aromatic amines is 1. The monoisotopic (exact) mass is 248 g/mol. The highest BCUT2D eigenvalue weighted by molar-refractivity contribution is 5.87. The topological polar surface area (TPSA) is 104 Å². The van der Waals surface area contributed by atoms with Gasteiger partial charge in [0.15, 0.2) is 5.65 Å². The van der Waals surface area contributed by atoms with Crippen LogP contribution in [0.1, 0.15) is 12.8 Å². The molecule has 1 aliphatic rings. The van der Waals surface area contributed by atoms with E-state index in [1.54, 1.807) is 6.20 Å². The number of nitrogens with zero attached hydrogens (tertiary/aromatic N) is 4. The van der Waals surface area contributed by atoms with E-state index < -0.39 is 0 Å². The average Bonchev–Trinajstić information content (AvgIpc) is 2.96. The van der Waals surface area contributed by atoms with Crippen LogP contribution >= 0.6 is 0 Å². The highest BCUT2D eigenvalue weighted by Crippen LogP contribution is 2.29. The molecule has 2 aromatic rings. The first kappa shape index (κ1) is 11.2. The molecule has 7 nitrogen and oxygen atoms in total. The summed E-state index contributed by atoms with van der Waals surface area (Å²) < 4.78 is 0. The molecule has 3 rings (SSSR count). The Morgan fingerprint density at radius 3 is 3.22 bits per heavy atom. The first-order valence-corrected chi connectivity index (χ1v) is 6.10. The van der Waals surface area contributed by atoms with E-state index in [1.807, 2.05) is 0 Å². The molecule has 1 saturated heterocycles. The van der Waals surface area contributed by atoms with Crippen LogP contribution in [0, 0.1) is 5.92 Å². The van der Waals surface area contributed by atoms with Gasteiger partial charge in [-0.1, -0.05) is 0 Å². The summed E-state index contributed by atoms with van der Waals surface area (Å²) in [6.07, 6.45) is 3.64. The van der Waals surface area contributed by atoms with E-state index in [0.29, 0.717) is 11.6 Å². The van der Waals surface area contributed by atoms with E-state index in [2.05, 4.69) is 25.1 Å². The van der Waals surface area contributed by atoms with Crippen molar-refractivity contribution in [3.63, 3.8) is 0 Å². The van der Waals surface area contributed by atoms with Gasteiger partial charge in [0.25, 0.3) is 0 Å². The van der Waals surface area contributed by atoms with Gasteiger partial charge in [0, 0.05) is 19.7 Å². The Bertz CT molecular complexity index is 553. The number of fused-ring (bicyclic) bond motifs is 1. The van der Waals surface area contributed by atoms with Gasteiger partial charge >= 0.3 is 0 Å². The van der Waals surface area contributed by atoms with Gasteiger partial charge in [-0.05, 0) is 18.8 Å². The van der Waals surface area contributed by atoms with Crippen LogP contribution in [-0.4, -0.2) is 45.0 Å². The molecule has 1 unspecified atom stereocenters. The number of anilines is 2. The second-order valence-electron chi connectivity index (χ2n) is 4.65. The molecule has 0 saturated carbocycles.